The topological polar surface area (TPSA) is 76.1 Å². The average Bonchev–Trinajstić information content (AvgIpc) is 2.68. The molecule has 0 unspecified atom stereocenters. The van der Waals surface area contributed by atoms with Crippen molar-refractivity contribution in [3.8, 4) is 0 Å². The molecule has 9 heteroatoms. The van der Waals surface area contributed by atoms with Crippen LogP contribution in [0.5, 0.6) is 0 Å². The van der Waals surface area contributed by atoms with Crippen LogP contribution >= 0.6 is 0 Å². The van der Waals surface area contributed by atoms with E-state index >= 15 is 0 Å². The van der Waals surface area contributed by atoms with Crippen LogP contribution in [0.1, 0.15) is 71.3 Å². The van der Waals surface area contributed by atoms with E-state index in [0.717, 1.165) is 45.8 Å². The summed E-state index contributed by atoms with van der Waals surface area (Å²) < 4.78 is -0.404. The molecule has 1 rings (SSSR count). The molecule has 0 aliphatic carbocycles. The van der Waals surface area contributed by atoms with Crippen molar-refractivity contribution in [3.63, 3.8) is 0 Å². The number of carbonyl (C=O) groups is 1. The van der Waals surface area contributed by atoms with E-state index in [1.807, 2.05) is 12.1 Å². The average molecular weight is 609 g/mol. The van der Waals surface area contributed by atoms with Gasteiger partial charge in [0.1, 0.15) is 0 Å². The first-order valence-corrected chi connectivity index (χ1v) is 12.9. The predicted octanol–water partition coefficient (Wildman–Crippen LogP) is 3.46. The SMILES string of the molecule is CCN(CC)CCNC(=O)c1ccc(CN(CC(C)(C)[S-])CC(C)(C)NCC(C)(C)[S-])cc1.[O-2].[Tc+4]. The van der Waals surface area contributed by atoms with Gasteiger partial charge >= 0.3 is 20.1 Å². The number of carbonyl (C=O) groups excluding carboxylic acids is 1. The summed E-state index contributed by atoms with van der Waals surface area (Å²) in [6.07, 6.45) is 0. The second-order valence-corrected chi connectivity index (χ2v) is 13.1. The molecule has 35 heavy (non-hydrogen) atoms. The van der Waals surface area contributed by atoms with E-state index in [1.165, 1.54) is 5.56 Å². The predicted molar refractivity (Wildman–Crippen MR) is 147 cm³/mol. The number of nitrogens with zero attached hydrogens (tertiary/aromatic N) is 2. The van der Waals surface area contributed by atoms with Gasteiger partial charge in [-0.15, -0.1) is 9.49 Å². The molecule has 1 aromatic carbocycles. The van der Waals surface area contributed by atoms with E-state index in [2.05, 4.69) is 88.0 Å². The Hall–Kier alpha value is -0.121. The van der Waals surface area contributed by atoms with Crippen LogP contribution in [0.2, 0.25) is 0 Å². The maximum absolute atomic E-state index is 12.5. The summed E-state index contributed by atoms with van der Waals surface area (Å²) in [5.41, 5.74) is 1.78. The third kappa shape index (κ3) is 17.1. The van der Waals surface area contributed by atoms with Gasteiger partial charge in [0.15, 0.2) is 0 Å². The van der Waals surface area contributed by atoms with Gasteiger partial charge in [0.05, 0.1) is 0 Å². The smallest absolute Gasteiger partial charge is 2.00 e. The molecule has 0 aromatic heterocycles. The van der Waals surface area contributed by atoms with Gasteiger partial charge in [0.2, 0.25) is 0 Å². The molecule has 1 radical (unpaired) electrons. The van der Waals surface area contributed by atoms with E-state index in [1.54, 1.807) is 0 Å². The van der Waals surface area contributed by atoms with Crippen molar-refractivity contribution in [2.24, 2.45) is 0 Å². The van der Waals surface area contributed by atoms with Crippen LogP contribution in [0, 0.1) is 0 Å². The molecule has 0 bridgehead atoms. The van der Waals surface area contributed by atoms with Gasteiger partial charge in [0.25, 0.3) is 5.91 Å². The molecule has 0 spiro atoms. The molecular weight excluding hydrogens is 562 g/mol. The van der Waals surface area contributed by atoms with E-state index in [9.17, 15) is 4.79 Å². The van der Waals surface area contributed by atoms with Crippen LogP contribution in [0.3, 0.4) is 0 Å². The molecule has 0 aliphatic heterocycles. The summed E-state index contributed by atoms with van der Waals surface area (Å²) in [5.74, 6) is -0.0193. The van der Waals surface area contributed by atoms with Crippen LogP contribution in [-0.2, 0) is 57.4 Å². The van der Waals surface area contributed by atoms with Gasteiger partial charge in [-0.3, -0.25) is 9.69 Å². The van der Waals surface area contributed by atoms with Crippen molar-refractivity contribution in [2.75, 3.05) is 45.8 Å². The Balaban J connectivity index is 0. The van der Waals surface area contributed by atoms with Crippen LogP contribution in [0.25, 0.3) is 0 Å². The van der Waals surface area contributed by atoms with Crippen molar-refractivity contribution < 1.29 is 30.4 Å². The Labute approximate surface area is 239 Å². The largest absolute Gasteiger partial charge is 4.00 e. The van der Waals surface area contributed by atoms with Crippen molar-refractivity contribution in [1.82, 2.24) is 20.4 Å². The van der Waals surface area contributed by atoms with Crippen LogP contribution in [0.4, 0.5) is 0 Å². The molecular formula is C26H46N4O2S2Tc. The summed E-state index contributed by atoms with van der Waals surface area (Å²) >= 11 is 11.2. The van der Waals surface area contributed by atoms with Crippen LogP contribution < -0.4 is 10.6 Å². The zero-order chi connectivity index (χ0) is 25.3. The van der Waals surface area contributed by atoms with E-state index in [-0.39, 0.29) is 46.5 Å². The minimum Gasteiger partial charge on any atom is -2.00 e. The summed E-state index contributed by atoms with van der Waals surface area (Å²) in [6.45, 7) is 23.8. The second kappa shape index (κ2) is 16.7. The molecule has 0 aliphatic rings. The fraction of sp³-hybridized carbons (Fsp3) is 0.731. The first kappa shape index (κ1) is 37.0. The summed E-state index contributed by atoms with van der Waals surface area (Å²) in [4.78, 5) is 17.2. The number of likely N-dealkylation sites (N-methyl/N-ethyl adjacent to an activating group) is 1. The molecule has 0 saturated heterocycles. The minimum absolute atomic E-state index is 0. The molecule has 1 amide bonds. The molecule has 6 nitrogen and oxygen atoms in total. The van der Waals surface area contributed by atoms with Gasteiger partial charge in [-0.05, 0) is 57.7 Å². The van der Waals surface area contributed by atoms with Crippen molar-refractivity contribution in [3.05, 3.63) is 35.4 Å². The molecule has 0 atom stereocenters. The van der Waals surface area contributed by atoms with Crippen molar-refractivity contribution >= 4 is 31.2 Å². The molecule has 0 fully saturated rings. The van der Waals surface area contributed by atoms with Gasteiger partial charge in [0, 0.05) is 37.3 Å². The van der Waals surface area contributed by atoms with Crippen molar-refractivity contribution in [1.29, 1.82) is 0 Å². The summed E-state index contributed by atoms with van der Waals surface area (Å²) in [6, 6.07) is 7.94. The molecule has 2 N–H and O–H groups in total. The maximum atomic E-state index is 12.5. The minimum atomic E-state index is -0.224. The Morgan fingerprint density at radius 2 is 1.43 bits per heavy atom. The Morgan fingerprint density at radius 1 is 0.886 bits per heavy atom. The van der Waals surface area contributed by atoms with E-state index in [4.69, 9.17) is 25.3 Å². The second-order valence-electron chi connectivity index (χ2n) is 10.9. The summed E-state index contributed by atoms with van der Waals surface area (Å²) in [7, 11) is 0. The monoisotopic (exact) mass is 607 g/mol. The Kier molecular flexibility index (Phi) is 17.6. The quantitative estimate of drug-likeness (QED) is 0.297. The normalized spacial score (nSPS) is 12.3. The number of benzene rings is 1. The fourth-order valence-electron chi connectivity index (χ4n) is 3.76. The standard InChI is InChI=1S/C26H48N4OS2.O.Tc/c1-9-29(10-2)16-15-27-23(31)22-13-11-21(12-14-22)17-30(20-26(7,8)33)19-24(3,4)28-18-25(5,6)32;;/h11-14,28,32-33H,9-10,15-20H2,1-8H3,(H,27,31);;/q;-2;+4/p-2. The number of amides is 1. The van der Waals surface area contributed by atoms with E-state index in [0.29, 0.717) is 12.1 Å². The van der Waals surface area contributed by atoms with Crippen LogP contribution in [0.15, 0.2) is 24.3 Å². The molecule has 201 valence electrons. The number of hydrogen-bond donors (Lipinski definition) is 2. The first-order chi connectivity index (χ1) is 15.1. The zero-order valence-electron chi connectivity index (χ0n) is 22.9. The molecule has 0 saturated carbocycles. The maximum Gasteiger partial charge on any atom is 4.00 e. The van der Waals surface area contributed by atoms with Gasteiger partial charge in [-0.2, -0.15) is 0 Å². The Bertz CT molecular complexity index is 716. The summed E-state index contributed by atoms with van der Waals surface area (Å²) in [5, 5.41) is 6.65. The van der Waals surface area contributed by atoms with Gasteiger partial charge < -0.3 is 46.3 Å². The van der Waals surface area contributed by atoms with Crippen LogP contribution in [-0.4, -0.2) is 76.6 Å². The third-order valence-corrected chi connectivity index (χ3v) is 5.72. The van der Waals surface area contributed by atoms with Gasteiger partial charge in [-0.25, -0.2) is 0 Å². The number of hydrogen-bond acceptors (Lipinski definition) is 6. The van der Waals surface area contributed by atoms with Crippen molar-refractivity contribution in [2.45, 2.75) is 77.0 Å². The number of rotatable bonds is 15. The molecule has 1 aromatic rings. The Morgan fingerprint density at radius 3 is 1.89 bits per heavy atom. The number of nitrogens with one attached hydrogen (secondary N) is 2. The van der Waals surface area contributed by atoms with E-state index < -0.39 is 0 Å². The van der Waals surface area contributed by atoms with Gasteiger partial charge in [-0.1, -0.05) is 53.7 Å². The zero-order valence-corrected chi connectivity index (χ0v) is 26.4. The molecule has 0 heterocycles. The first-order valence-electron chi connectivity index (χ1n) is 12.1. The fourth-order valence-corrected chi connectivity index (χ4v) is 4.02. The third-order valence-electron chi connectivity index (χ3n) is 5.45.